The third-order valence-electron chi connectivity index (χ3n) is 2.72. The van der Waals surface area contributed by atoms with Gasteiger partial charge in [-0.05, 0) is 25.3 Å². The summed E-state index contributed by atoms with van der Waals surface area (Å²) in [5, 5.41) is 3.45. The fourth-order valence-electron chi connectivity index (χ4n) is 1.75. The first-order chi connectivity index (χ1) is 8.13. The minimum Gasteiger partial charge on any atom is -0.381 e. The highest BCUT2D eigenvalue weighted by Crippen LogP contribution is 2.05. The molecule has 17 heavy (non-hydrogen) atoms. The van der Waals surface area contributed by atoms with E-state index in [0.29, 0.717) is 12.0 Å². The Balaban J connectivity index is 2.94. The molecule has 0 rings (SSSR count). The Morgan fingerprint density at radius 3 is 2.00 bits per heavy atom. The van der Waals surface area contributed by atoms with E-state index >= 15 is 0 Å². The first kappa shape index (κ1) is 16.9. The van der Waals surface area contributed by atoms with Crippen LogP contribution in [0.15, 0.2) is 0 Å². The van der Waals surface area contributed by atoms with Gasteiger partial charge < -0.3 is 10.1 Å². The SMILES string of the molecule is CC(C)COCCCCCCCCNC(C)C. The molecule has 0 radical (unpaired) electrons. The lowest BCUT2D eigenvalue weighted by molar-refractivity contribution is 0.106. The van der Waals surface area contributed by atoms with Crippen LogP contribution in [-0.2, 0) is 4.74 Å². The first-order valence-electron chi connectivity index (χ1n) is 7.44. The van der Waals surface area contributed by atoms with Crippen molar-refractivity contribution in [3.8, 4) is 0 Å². The summed E-state index contributed by atoms with van der Waals surface area (Å²) in [7, 11) is 0. The van der Waals surface area contributed by atoms with Gasteiger partial charge in [0.05, 0.1) is 0 Å². The van der Waals surface area contributed by atoms with E-state index in [4.69, 9.17) is 4.74 Å². The molecular weight excluding hydrogens is 210 g/mol. The van der Waals surface area contributed by atoms with Gasteiger partial charge in [-0.25, -0.2) is 0 Å². The van der Waals surface area contributed by atoms with Gasteiger partial charge >= 0.3 is 0 Å². The molecule has 2 nitrogen and oxygen atoms in total. The molecule has 0 unspecified atom stereocenters. The summed E-state index contributed by atoms with van der Waals surface area (Å²) in [5.74, 6) is 0.670. The molecule has 0 aromatic carbocycles. The Morgan fingerprint density at radius 2 is 1.41 bits per heavy atom. The number of rotatable bonds is 12. The van der Waals surface area contributed by atoms with Gasteiger partial charge in [0, 0.05) is 19.3 Å². The zero-order chi connectivity index (χ0) is 12.9. The summed E-state index contributed by atoms with van der Waals surface area (Å²) in [4.78, 5) is 0. The minimum atomic E-state index is 0.633. The highest BCUT2D eigenvalue weighted by molar-refractivity contribution is 4.53. The molecule has 0 aliphatic rings. The molecule has 0 aromatic rings. The second-order valence-electron chi connectivity index (χ2n) is 5.70. The topological polar surface area (TPSA) is 21.3 Å². The van der Waals surface area contributed by atoms with Crippen molar-refractivity contribution in [1.82, 2.24) is 5.32 Å². The molecule has 0 aliphatic heterocycles. The summed E-state index contributed by atoms with van der Waals surface area (Å²) >= 11 is 0. The standard InChI is InChI=1S/C15H33NO/c1-14(2)13-17-12-10-8-6-5-7-9-11-16-15(3)4/h14-16H,5-13H2,1-4H3. The summed E-state index contributed by atoms with van der Waals surface area (Å²) < 4.78 is 5.56. The molecule has 0 saturated carbocycles. The van der Waals surface area contributed by atoms with Gasteiger partial charge in [-0.15, -0.1) is 0 Å². The van der Waals surface area contributed by atoms with E-state index in [9.17, 15) is 0 Å². The Hall–Kier alpha value is -0.0800. The van der Waals surface area contributed by atoms with Crippen LogP contribution >= 0.6 is 0 Å². The van der Waals surface area contributed by atoms with E-state index in [1.165, 1.54) is 45.1 Å². The van der Waals surface area contributed by atoms with E-state index in [-0.39, 0.29) is 0 Å². The largest absolute Gasteiger partial charge is 0.381 e. The zero-order valence-corrected chi connectivity index (χ0v) is 12.4. The van der Waals surface area contributed by atoms with Gasteiger partial charge in [-0.3, -0.25) is 0 Å². The van der Waals surface area contributed by atoms with Crippen molar-refractivity contribution < 1.29 is 4.74 Å². The maximum absolute atomic E-state index is 5.56. The van der Waals surface area contributed by atoms with E-state index in [1.807, 2.05) is 0 Å². The number of nitrogens with one attached hydrogen (secondary N) is 1. The smallest absolute Gasteiger partial charge is 0.0488 e. The normalized spacial score (nSPS) is 11.6. The monoisotopic (exact) mass is 243 g/mol. The van der Waals surface area contributed by atoms with Gasteiger partial charge in [0.1, 0.15) is 0 Å². The number of hydrogen-bond donors (Lipinski definition) is 1. The highest BCUT2D eigenvalue weighted by Gasteiger charge is 1.95. The molecular formula is C15H33NO. The van der Waals surface area contributed by atoms with Gasteiger partial charge in [0.25, 0.3) is 0 Å². The predicted octanol–water partition coefficient (Wildman–Crippen LogP) is 4.00. The van der Waals surface area contributed by atoms with Crippen LogP contribution in [0.2, 0.25) is 0 Å². The number of unbranched alkanes of at least 4 members (excludes halogenated alkanes) is 5. The van der Waals surface area contributed by atoms with Gasteiger partial charge in [-0.1, -0.05) is 53.4 Å². The average Bonchev–Trinajstić information content (AvgIpc) is 2.25. The fourth-order valence-corrected chi connectivity index (χ4v) is 1.75. The number of hydrogen-bond acceptors (Lipinski definition) is 2. The van der Waals surface area contributed by atoms with Crippen molar-refractivity contribution in [3.05, 3.63) is 0 Å². The molecule has 0 atom stereocenters. The van der Waals surface area contributed by atoms with E-state index in [2.05, 4.69) is 33.0 Å². The van der Waals surface area contributed by atoms with Crippen molar-refractivity contribution in [3.63, 3.8) is 0 Å². The lowest BCUT2D eigenvalue weighted by Crippen LogP contribution is -2.23. The van der Waals surface area contributed by atoms with Crippen LogP contribution in [0.3, 0.4) is 0 Å². The summed E-state index contributed by atoms with van der Waals surface area (Å²) in [6.07, 6.45) is 8.00. The zero-order valence-electron chi connectivity index (χ0n) is 12.4. The molecule has 1 N–H and O–H groups in total. The van der Waals surface area contributed by atoms with Crippen LogP contribution in [0, 0.1) is 5.92 Å². The second-order valence-corrected chi connectivity index (χ2v) is 5.70. The van der Waals surface area contributed by atoms with Crippen LogP contribution < -0.4 is 5.32 Å². The van der Waals surface area contributed by atoms with E-state index in [0.717, 1.165) is 13.2 Å². The van der Waals surface area contributed by atoms with Crippen LogP contribution in [0.4, 0.5) is 0 Å². The van der Waals surface area contributed by atoms with Gasteiger partial charge in [-0.2, -0.15) is 0 Å². The first-order valence-corrected chi connectivity index (χ1v) is 7.44. The fraction of sp³-hybridized carbons (Fsp3) is 1.00. The maximum Gasteiger partial charge on any atom is 0.0488 e. The highest BCUT2D eigenvalue weighted by atomic mass is 16.5. The molecule has 0 bridgehead atoms. The number of ether oxygens (including phenoxy) is 1. The third kappa shape index (κ3) is 15.9. The maximum atomic E-state index is 5.56. The van der Waals surface area contributed by atoms with Crippen LogP contribution in [-0.4, -0.2) is 25.8 Å². The van der Waals surface area contributed by atoms with Crippen LogP contribution in [0.25, 0.3) is 0 Å². The Morgan fingerprint density at radius 1 is 0.824 bits per heavy atom. The molecule has 0 saturated heterocycles. The quantitative estimate of drug-likeness (QED) is 0.523. The molecule has 0 spiro atoms. The molecule has 0 aromatic heterocycles. The second kappa shape index (κ2) is 12.4. The van der Waals surface area contributed by atoms with Gasteiger partial charge in [0.2, 0.25) is 0 Å². The Bertz CT molecular complexity index is 130. The van der Waals surface area contributed by atoms with Crippen molar-refractivity contribution in [2.75, 3.05) is 19.8 Å². The molecule has 0 aliphatic carbocycles. The predicted molar refractivity (Wildman–Crippen MR) is 76.5 cm³/mol. The van der Waals surface area contributed by atoms with E-state index < -0.39 is 0 Å². The molecule has 2 heteroatoms. The Kier molecular flexibility index (Phi) is 12.3. The van der Waals surface area contributed by atoms with Crippen LogP contribution in [0.1, 0.15) is 66.2 Å². The molecule has 0 amide bonds. The van der Waals surface area contributed by atoms with Crippen LogP contribution in [0.5, 0.6) is 0 Å². The third-order valence-corrected chi connectivity index (χ3v) is 2.72. The Labute approximate surface area is 109 Å². The van der Waals surface area contributed by atoms with E-state index in [1.54, 1.807) is 0 Å². The minimum absolute atomic E-state index is 0.633. The molecule has 104 valence electrons. The molecule has 0 fully saturated rings. The van der Waals surface area contributed by atoms with Crippen molar-refractivity contribution >= 4 is 0 Å². The van der Waals surface area contributed by atoms with Crippen molar-refractivity contribution in [2.24, 2.45) is 5.92 Å². The van der Waals surface area contributed by atoms with Crippen molar-refractivity contribution in [1.29, 1.82) is 0 Å². The summed E-state index contributed by atoms with van der Waals surface area (Å²) in [6, 6.07) is 0.633. The summed E-state index contributed by atoms with van der Waals surface area (Å²) in [6.45, 7) is 11.9. The van der Waals surface area contributed by atoms with Crippen molar-refractivity contribution in [2.45, 2.75) is 72.3 Å². The van der Waals surface area contributed by atoms with Gasteiger partial charge in [0.15, 0.2) is 0 Å². The molecule has 0 heterocycles. The lowest BCUT2D eigenvalue weighted by atomic mass is 10.1. The lowest BCUT2D eigenvalue weighted by Gasteiger charge is -2.08. The summed E-state index contributed by atoms with van der Waals surface area (Å²) in [5.41, 5.74) is 0. The average molecular weight is 243 g/mol.